The van der Waals surface area contributed by atoms with Gasteiger partial charge in [0.05, 0.1) is 4.88 Å². The Morgan fingerprint density at radius 1 is 1.19 bits per heavy atom. The molecule has 0 saturated heterocycles. The van der Waals surface area contributed by atoms with Gasteiger partial charge in [-0.3, -0.25) is 5.73 Å². The fourth-order valence-corrected chi connectivity index (χ4v) is 2.52. The quantitative estimate of drug-likeness (QED) is 0.850. The highest BCUT2D eigenvalue weighted by molar-refractivity contribution is 7.15. The second-order valence-corrected chi connectivity index (χ2v) is 5.56. The van der Waals surface area contributed by atoms with Gasteiger partial charge in [0.15, 0.2) is 0 Å². The number of rotatable bonds is 2. The first-order valence-electron chi connectivity index (χ1n) is 5.46. The number of nitrogens with one attached hydrogen (secondary N) is 1. The second kappa shape index (κ2) is 4.26. The average molecular weight is 233 g/mol. The van der Waals surface area contributed by atoms with Crippen molar-refractivity contribution in [3.63, 3.8) is 0 Å². The summed E-state index contributed by atoms with van der Waals surface area (Å²) in [6.07, 6.45) is 0. The standard InChI is InChI=1S/C13H16N2S/c1-8(2)10-4-6-11(7-5-10)12-9(3)16-13(14)15-12/h4-8H,1-3H3,(H2,14,15)/p+1. The molecule has 0 aliphatic heterocycles. The molecule has 0 amide bonds. The van der Waals surface area contributed by atoms with Crippen LogP contribution in [0.2, 0.25) is 0 Å². The van der Waals surface area contributed by atoms with E-state index in [-0.39, 0.29) is 0 Å². The molecule has 84 valence electrons. The fraction of sp³-hybridized carbons (Fsp3) is 0.308. The van der Waals surface area contributed by atoms with Gasteiger partial charge in [0, 0.05) is 5.56 Å². The van der Waals surface area contributed by atoms with Crippen molar-refractivity contribution in [2.45, 2.75) is 26.7 Å². The molecule has 0 atom stereocenters. The Kier molecular flexibility index (Phi) is 2.97. The summed E-state index contributed by atoms with van der Waals surface area (Å²) in [5.41, 5.74) is 9.46. The van der Waals surface area contributed by atoms with Crippen LogP contribution in [-0.4, -0.2) is 0 Å². The molecule has 3 heteroatoms. The summed E-state index contributed by atoms with van der Waals surface area (Å²) < 4.78 is 0. The molecular weight excluding hydrogens is 216 g/mol. The van der Waals surface area contributed by atoms with Crippen molar-refractivity contribution < 1.29 is 4.98 Å². The maximum absolute atomic E-state index is 5.76. The maximum atomic E-state index is 5.76. The summed E-state index contributed by atoms with van der Waals surface area (Å²) in [7, 11) is 0. The lowest BCUT2D eigenvalue weighted by atomic mass is 10.0. The number of hydrogen-bond donors (Lipinski definition) is 1. The van der Waals surface area contributed by atoms with E-state index in [1.807, 2.05) is 0 Å². The maximum Gasteiger partial charge on any atom is 0.330 e. The molecule has 0 saturated carbocycles. The molecule has 0 aliphatic carbocycles. The van der Waals surface area contributed by atoms with E-state index in [1.54, 1.807) is 11.3 Å². The van der Waals surface area contributed by atoms with Crippen LogP contribution in [0.4, 0.5) is 5.13 Å². The third-order valence-corrected chi connectivity index (χ3v) is 3.56. The molecule has 0 bridgehead atoms. The molecule has 2 aromatic rings. The normalized spacial score (nSPS) is 11.0. The minimum atomic E-state index is 0.576. The molecular formula is C13H17N2S+. The predicted octanol–water partition coefficient (Wildman–Crippen LogP) is 3.24. The van der Waals surface area contributed by atoms with Crippen molar-refractivity contribution in [3.05, 3.63) is 34.7 Å². The Hall–Kier alpha value is -1.35. The van der Waals surface area contributed by atoms with E-state index in [0.717, 1.165) is 10.8 Å². The van der Waals surface area contributed by atoms with Gasteiger partial charge in [-0.15, -0.1) is 0 Å². The van der Waals surface area contributed by atoms with Crippen molar-refractivity contribution in [1.82, 2.24) is 0 Å². The Morgan fingerprint density at radius 3 is 2.25 bits per heavy atom. The Morgan fingerprint density at radius 2 is 1.81 bits per heavy atom. The largest absolute Gasteiger partial charge is 0.330 e. The summed E-state index contributed by atoms with van der Waals surface area (Å²) in [5.74, 6) is 0.576. The van der Waals surface area contributed by atoms with Crippen molar-refractivity contribution in [3.8, 4) is 11.3 Å². The van der Waals surface area contributed by atoms with Gasteiger partial charge < -0.3 is 0 Å². The highest BCUT2D eigenvalue weighted by Crippen LogP contribution is 2.26. The second-order valence-electron chi connectivity index (χ2n) is 4.30. The number of aryl methyl sites for hydroxylation is 1. The van der Waals surface area contributed by atoms with Crippen LogP contribution in [-0.2, 0) is 0 Å². The van der Waals surface area contributed by atoms with E-state index in [1.165, 1.54) is 16.0 Å². The molecule has 3 N–H and O–H groups in total. The molecule has 0 radical (unpaired) electrons. The lowest BCUT2D eigenvalue weighted by Crippen LogP contribution is -2.07. The van der Waals surface area contributed by atoms with Gasteiger partial charge in [0.1, 0.15) is 5.69 Å². The number of thiazole rings is 1. The topological polar surface area (TPSA) is 40.2 Å². The van der Waals surface area contributed by atoms with Crippen LogP contribution in [0.5, 0.6) is 0 Å². The highest BCUT2D eigenvalue weighted by atomic mass is 32.1. The number of anilines is 1. The summed E-state index contributed by atoms with van der Waals surface area (Å²) >= 11 is 1.60. The summed E-state index contributed by atoms with van der Waals surface area (Å²) in [6, 6.07) is 8.67. The van der Waals surface area contributed by atoms with Crippen LogP contribution < -0.4 is 10.7 Å². The predicted molar refractivity (Wildman–Crippen MR) is 69.5 cm³/mol. The monoisotopic (exact) mass is 233 g/mol. The average Bonchev–Trinajstić information content (AvgIpc) is 2.58. The first-order valence-corrected chi connectivity index (χ1v) is 6.28. The van der Waals surface area contributed by atoms with E-state index in [0.29, 0.717) is 5.92 Å². The minimum absolute atomic E-state index is 0.576. The molecule has 1 aromatic carbocycles. The van der Waals surface area contributed by atoms with Gasteiger partial charge in [-0.25, -0.2) is 4.98 Å². The third kappa shape index (κ3) is 2.09. The van der Waals surface area contributed by atoms with Crippen molar-refractivity contribution in [2.75, 3.05) is 5.73 Å². The lowest BCUT2D eigenvalue weighted by molar-refractivity contribution is -0.340. The van der Waals surface area contributed by atoms with E-state index in [2.05, 4.69) is 50.0 Å². The molecule has 2 nitrogen and oxygen atoms in total. The molecule has 1 aromatic heterocycles. The van der Waals surface area contributed by atoms with Gasteiger partial charge >= 0.3 is 5.13 Å². The summed E-state index contributed by atoms with van der Waals surface area (Å²) in [6.45, 7) is 6.49. The van der Waals surface area contributed by atoms with Gasteiger partial charge in [-0.1, -0.05) is 49.4 Å². The van der Waals surface area contributed by atoms with Crippen LogP contribution >= 0.6 is 11.3 Å². The summed E-state index contributed by atoms with van der Waals surface area (Å²) in [5, 5.41) is 0.764. The smallest absolute Gasteiger partial charge is 0.278 e. The Labute approximate surface area is 100 Å². The van der Waals surface area contributed by atoms with Crippen molar-refractivity contribution >= 4 is 16.5 Å². The van der Waals surface area contributed by atoms with Crippen LogP contribution in [0.15, 0.2) is 24.3 Å². The van der Waals surface area contributed by atoms with Gasteiger partial charge in [0.25, 0.3) is 0 Å². The van der Waals surface area contributed by atoms with Crippen LogP contribution in [0, 0.1) is 6.92 Å². The molecule has 2 rings (SSSR count). The zero-order chi connectivity index (χ0) is 11.7. The van der Waals surface area contributed by atoms with Crippen LogP contribution in [0.3, 0.4) is 0 Å². The number of hydrogen-bond acceptors (Lipinski definition) is 2. The first kappa shape index (κ1) is 11.1. The van der Waals surface area contributed by atoms with E-state index < -0.39 is 0 Å². The number of nitrogens with two attached hydrogens (primary N) is 1. The van der Waals surface area contributed by atoms with Crippen molar-refractivity contribution in [1.29, 1.82) is 0 Å². The number of nitrogen functional groups attached to an aromatic ring is 1. The molecule has 0 fully saturated rings. The van der Waals surface area contributed by atoms with E-state index in [4.69, 9.17) is 5.73 Å². The zero-order valence-corrected chi connectivity index (χ0v) is 10.7. The SMILES string of the molecule is Cc1sc(N)[nH+]c1-c1ccc(C(C)C)cc1. The lowest BCUT2D eigenvalue weighted by Gasteiger charge is -2.05. The molecule has 0 unspecified atom stereocenters. The molecule has 16 heavy (non-hydrogen) atoms. The number of aromatic amines is 1. The van der Waals surface area contributed by atoms with Crippen LogP contribution in [0.1, 0.15) is 30.2 Å². The molecule has 0 spiro atoms. The fourth-order valence-electron chi connectivity index (χ4n) is 1.76. The van der Waals surface area contributed by atoms with Gasteiger partial charge in [-0.2, -0.15) is 0 Å². The minimum Gasteiger partial charge on any atom is -0.278 e. The van der Waals surface area contributed by atoms with E-state index in [9.17, 15) is 0 Å². The molecule has 1 heterocycles. The number of H-pyrrole nitrogens is 1. The molecule has 0 aliphatic rings. The van der Waals surface area contributed by atoms with Crippen LogP contribution in [0.25, 0.3) is 11.3 Å². The Bertz CT molecular complexity index is 483. The number of benzene rings is 1. The van der Waals surface area contributed by atoms with E-state index >= 15 is 0 Å². The van der Waals surface area contributed by atoms with Gasteiger partial charge in [-0.05, 0) is 18.4 Å². The highest BCUT2D eigenvalue weighted by Gasteiger charge is 2.11. The summed E-state index contributed by atoms with van der Waals surface area (Å²) in [4.78, 5) is 4.44. The van der Waals surface area contributed by atoms with Gasteiger partial charge in [0.2, 0.25) is 0 Å². The Balaban J connectivity index is 2.38. The number of aromatic nitrogens is 1. The third-order valence-electron chi connectivity index (χ3n) is 2.73. The zero-order valence-electron chi connectivity index (χ0n) is 9.87. The van der Waals surface area contributed by atoms with Crippen molar-refractivity contribution in [2.24, 2.45) is 0 Å². The first-order chi connectivity index (χ1) is 7.58.